The van der Waals surface area contributed by atoms with Crippen LogP contribution in [0.25, 0.3) is 0 Å². The van der Waals surface area contributed by atoms with Gasteiger partial charge >= 0.3 is 5.97 Å². The number of carbonyl (C=O) groups excluding carboxylic acids is 1. The molecule has 4 atom stereocenters. The number of hydrogen-bond donors (Lipinski definition) is 1. The molecule has 1 heterocycles. The van der Waals surface area contributed by atoms with Crippen LogP contribution in [0.15, 0.2) is 48.7 Å². The number of hydrogen-bond acceptors (Lipinski definition) is 7. The lowest BCUT2D eigenvalue weighted by Crippen LogP contribution is -2.40. The van der Waals surface area contributed by atoms with Crippen molar-refractivity contribution in [3.8, 4) is 11.5 Å². The highest BCUT2D eigenvalue weighted by Gasteiger charge is 2.62. The van der Waals surface area contributed by atoms with Gasteiger partial charge in [0.15, 0.2) is 13.9 Å². The SMILES string of the molecule is CCCC(/C=C/Oc1cc(CC(C)C)c(OCc2ccccc2)c(CO[Si](C)(C)C(C)(C)C)c1I)C(O)CCC1(C(=O)OCC)O[C@@H]1CC. The van der Waals surface area contributed by atoms with E-state index in [4.69, 9.17) is 23.4 Å². The molecule has 0 bridgehead atoms. The number of ether oxygens (including phenoxy) is 4. The van der Waals surface area contributed by atoms with Crippen LogP contribution < -0.4 is 9.47 Å². The molecule has 274 valence electrons. The van der Waals surface area contributed by atoms with Crippen LogP contribution in [0, 0.1) is 15.4 Å². The molecule has 1 N–H and O–H groups in total. The topological polar surface area (TPSA) is 86.8 Å². The Balaban J connectivity index is 1.90. The lowest BCUT2D eigenvalue weighted by atomic mass is 9.89. The number of aliphatic hydroxyl groups is 1. The normalized spacial score (nSPS) is 19.2. The molecule has 0 radical (unpaired) electrons. The fraction of sp³-hybridized carbons (Fsp3) is 0.625. The predicted octanol–water partition coefficient (Wildman–Crippen LogP) is 10.2. The maximum absolute atomic E-state index is 12.7. The van der Waals surface area contributed by atoms with Crippen LogP contribution >= 0.6 is 22.6 Å². The summed E-state index contributed by atoms with van der Waals surface area (Å²) in [6, 6.07) is 12.3. The largest absolute Gasteiger partial charge is 0.488 e. The average molecular weight is 809 g/mol. The van der Waals surface area contributed by atoms with Crippen LogP contribution in [0.4, 0.5) is 0 Å². The highest BCUT2D eigenvalue weighted by atomic mass is 127. The van der Waals surface area contributed by atoms with E-state index in [9.17, 15) is 9.90 Å². The number of benzene rings is 2. The van der Waals surface area contributed by atoms with E-state index in [1.54, 1.807) is 13.2 Å². The zero-order chi connectivity index (χ0) is 36.4. The van der Waals surface area contributed by atoms with Gasteiger partial charge in [-0.15, -0.1) is 0 Å². The molecular weight excluding hydrogens is 747 g/mol. The monoisotopic (exact) mass is 808 g/mol. The van der Waals surface area contributed by atoms with Gasteiger partial charge in [-0.1, -0.05) is 85.2 Å². The number of esters is 1. The van der Waals surface area contributed by atoms with Gasteiger partial charge in [0, 0.05) is 11.5 Å². The standard InChI is InChI=1S/C40H61IO7Si/c1-11-17-30(33(42)20-22-40(35(12-2)48-40)38(43)44-13-3)21-23-45-34-25-31(24-28(4)5)37(46-26-29-18-15-14-16-19-29)32(36(34)41)27-47-49(9,10)39(6,7)8/h14-16,18-19,21,23,25,28,30,33,35,42H,11-13,17,20,22,24,26-27H2,1-10H3/b23-21+/t30?,33?,35-,40?/m1/s1. The Labute approximate surface area is 310 Å². The first kappa shape index (κ1) is 41.5. The van der Waals surface area contributed by atoms with Crippen LogP contribution in [0.5, 0.6) is 11.5 Å². The second-order valence-electron chi connectivity index (χ2n) is 15.2. The lowest BCUT2D eigenvalue weighted by molar-refractivity contribution is -0.150. The number of halogens is 1. The Kier molecular flexibility index (Phi) is 15.7. The fourth-order valence-corrected chi connectivity index (χ4v) is 7.46. The maximum Gasteiger partial charge on any atom is 0.341 e. The third-order valence-corrected chi connectivity index (χ3v) is 15.5. The summed E-state index contributed by atoms with van der Waals surface area (Å²) in [7, 11) is -2.06. The van der Waals surface area contributed by atoms with Crippen LogP contribution in [-0.2, 0) is 38.3 Å². The summed E-state index contributed by atoms with van der Waals surface area (Å²) in [5, 5.41) is 11.4. The minimum absolute atomic E-state index is 0.0648. The van der Waals surface area contributed by atoms with Gasteiger partial charge in [-0.3, -0.25) is 0 Å². The number of epoxide rings is 1. The zero-order valence-corrected chi connectivity index (χ0v) is 34.7. The first-order valence-corrected chi connectivity index (χ1v) is 22.1. The van der Waals surface area contributed by atoms with Gasteiger partial charge in [-0.25, -0.2) is 4.79 Å². The van der Waals surface area contributed by atoms with Gasteiger partial charge in [-0.05, 0) is 109 Å². The lowest BCUT2D eigenvalue weighted by Gasteiger charge is -2.36. The second-order valence-corrected chi connectivity index (χ2v) is 21.1. The fourth-order valence-electron chi connectivity index (χ4n) is 5.84. The molecule has 0 aromatic heterocycles. The number of carbonyl (C=O) groups is 1. The molecule has 1 fully saturated rings. The van der Waals surface area contributed by atoms with E-state index in [0.717, 1.165) is 57.4 Å². The molecule has 2 aromatic carbocycles. The Morgan fingerprint density at radius 3 is 2.37 bits per heavy atom. The quantitative estimate of drug-likeness (QED) is 0.0469. The van der Waals surface area contributed by atoms with Crippen molar-refractivity contribution in [3.05, 3.63) is 69.0 Å². The molecule has 0 saturated carbocycles. The summed E-state index contributed by atoms with van der Waals surface area (Å²) in [6.45, 7) is 22.8. The van der Waals surface area contributed by atoms with Crippen molar-refractivity contribution in [3.63, 3.8) is 0 Å². The first-order chi connectivity index (χ1) is 23.1. The maximum atomic E-state index is 12.7. The zero-order valence-electron chi connectivity index (χ0n) is 31.6. The molecule has 0 amide bonds. The van der Waals surface area contributed by atoms with Gasteiger partial charge in [-0.2, -0.15) is 0 Å². The molecule has 3 rings (SSSR count). The number of aliphatic hydroxyl groups excluding tert-OH is 1. The Hall–Kier alpha value is -1.92. The third kappa shape index (κ3) is 11.3. The van der Waals surface area contributed by atoms with Gasteiger partial charge in [0.05, 0.1) is 35.3 Å². The smallest absolute Gasteiger partial charge is 0.341 e. The van der Waals surface area contributed by atoms with Crippen LogP contribution in [-0.4, -0.2) is 43.8 Å². The van der Waals surface area contributed by atoms with Crippen molar-refractivity contribution in [1.82, 2.24) is 0 Å². The molecule has 1 aliphatic rings. The molecule has 1 saturated heterocycles. The van der Waals surface area contributed by atoms with Crippen LogP contribution in [0.1, 0.15) is 104 Å². The van der Waals surface area contributed by atoms with Crippen LogP contribution in [0.3, 0.4) is 0 Å². The highest BCUT2D eigenvalue weighted by molar-refractivity contribution is 14.1. The average Bonchev–Trinajstić information content (AvgIpc) is 3.78. The minimum atomic E-state index is -2.06. The summed E-state index contributed by atoms with van der Waals surface area (Å²) in [4.78, 5) is 12.7. The molecule has 3 unspecified atom stereocenters. The van der Waals surface area contributed by atoms with Crippen molar-refractivity contribution in [2.45, 2.75) is 143 Å². The molecule has 2 aromatic rings. The van der Waals surface area contributed by atoms with Crippen LogP contribution in [0.2, 0.25) is 18.1 Å². The molecule has 0 aliphatic carbocycles. The van der Waals surface area contributed by atoms with Crippen molar-refractivity contribution in [2.24, 2.45) is 11.8 Å². The summed E-state index contributed by atoms with van der Waals surface area (Å²) in [5.74, 6) is 1.57. The first-order valence-electron chi connectivity index (χ1n) is 18.1. The molecular formula is C40H61IO7Si. The van der Waals surface area contributed by atoms with E-state index in [2.05, 4.69) is 95.4 Å². The van der Waals surface area contributed by atoms with Gasteiger partial charge < -0.3 is 28.5 Å². The van der Waals surface area contributed by atoms with Crippen molar-refractivity contribution < 1.29 is 33.3 Å². The molecule has 9 heteroatoms. The summed E-state index contributed by atoms with van der Waals surface area (Å²) >= 11 is 2.37. The van der Waals surface area contributed by atoms with E-state index >= 15 is 0 Å². The molecule has 49 heavy (non-hydrogen) atoms. The second kappa shape index (κ2) is 18.5. The van der Waals surface area contributed by atoms with E-state index in [-0.39, 0.29) is 23.0 Å². The summed E-state index contributed by atoms with van der Waals surface area (Å²) in [6.07, 6.45) is 6.99. The summed E-state index contributed by atoms with van der Waals surface area (Å²) < 4.78 is 31.9. The highest BCUT2D eigenvalue weighted by Crippen LogP contribution is 2.45. The Morgan fingerprint density at radius 1 is 1.10 bits per heavy atom. The molecule has 0 spiro atoms. The van der Waals surface area contributed by atoms with Crippen molar-refractivity contribution in [2.75, 3.05) is 6.61 Å². The van der Waals surface area contributed by atoms with E-state index in [1.807, 2.05) is 31.2 Å². The van der Waals surface area contributed by atoms with Gasteiger partial charge in [0.1, 0.15) is 18.1 Å². The minimum Gasteiger partial charge on any atom is -0.488 e. The molecule has 1 aliphatic heterocycles. The van der Waals surface area contributed by atoms with Gasteiger partial charge in [0.2, 0.25) is 0 Å². The molecule has 7 nitrogen and oxygen atoms in total. The van der Waals surface area contributed by atoms with Crippen molar-refractivity contribution in [1.29, 1.82) is 0 Å². The van der Waals surface area contributed by atoms with E-state index < -0.39 is 20.0 Å². The van der Waals surface area contributed by atoms with E-state index in [0.29, 0.717) is 38.6 Å². The van der Waals surface area contributed by atoms with Gasteiger partial charge in [0.25, 0.3) is 0 Å². The Morgan fingerprint density at radius 2 is 1.80 bits per heavy atom. The van der Waals surface area contributed by atoms with E-state index in [1.165, 1.54) is 0 Å². The van der Waals surface area contributed by atoms with Crippen molar-refractivity contribution >= 4 is 36.9 Å². The number of rotatable bonds is 20. The predicted molar refractivity (Wildman–Crippen MR) is 208 cm³/mol. The summed E-state index contributed by atoms with van der Waals surface area (Å²) in [5.41, 5.74) is 2.28. The third-order valence-electron chi connectivity index (χ3n) is 9.85. The Bertz CT molecular complexity index is 1370.